The maximum Gasteiger partial charge on any atom is 0.207 e. The Kier molecular flexibility index (Phi) is 5.32. The summed E-state index contributed by atoms with van der Waals surface area (Å²) < 4.78 is 0.484. The molecule has 0 fully saturated rings. The molecule has 1 N–H and O–H groups in total. The van der Waals surface area contributed by atoms with Crippen LogP contribution in [0, 0.1) is 0 Å². The molecule has 1 aromatic heterocycles. The van der Waals surface area contributed by atoms with Gasteiger partial charge in [0.1, 0.15) is 5.01 Å². The molecule has 0 aliphatic carbocycles. The Morgan fingerprint density at radius 2 is 2.29 bits per heavy atom. The number of halogens is 1. The normalized spacial score (nSPS) is 11.1. The van der Waals surface area contributed by atoms with Gasteiger partial charge in [-0.1, -0.05) is 18.3 Å². The molecule has 0 saturated carbocycles. The minimum atomic E-state index is 0.230. The first-order valence-electron chi connectivity index (χ1n) is 4.57. The molecule has 1 rings (SSSR count). The lowest BCUT2D eigenvalue weighted by atomic mass is 10.4. The molecule has 0 aliphatic heterocycles. The minimum absolute atomic E-state index is 0.230. The molecule has 0 unspecified atom stereocenters. The zero-order valence-electron chi connectivity index (χ0n) is 8.11. The summed E-state index contributed by atoms with van der Waals surface area (Å²) in [6, 6.07) is 0. The van der Waals surface area contributed by atoms with Gasteiger partial charge in [0.05, 0.1) is 6.54 Å². The topological polar surface area (TPSA) is 49.2 Å². The average molecular weight is 236 g/mol. The van der Waals surface area contributed by atoms with Crippen molar-refractivity contribution in [3.63, 3.8) is 0 Å². The van der Waals surface area contributed by atoms with E-state index in [1.54, 1.807) is 0 Å². The Morgan fingerprint density at radius 1 is 1.50 bits per heavy atom. The van der Waals surface area contributed by atoms with Crippen LogP contribution in [0.2, 0.25) is 4.47 Å². The molecule has 4 nitrogen and oxygen atoms in total. The van der Waals surface area contributed by atoms with Crippen molar-refractivity contribution < 1.29 is 5.11 Å². The number of hydrogen-bond acceptors (Lipinski definition) is 5. The van der Waals surface area contributed by atoms with E-state index in [-0.39, 0.29) is 6.61 Å². The van der Waals surface area contributed by atoms with Gasteiger partial charge in [0.25, 0.3) is 0 Å². The monoisotopic (exact) mass is 235 g/mol. The van der Waals surface area contributed by atoms with Gasteiger partial charge >= 0.3 is 0 Å². The summed E-state index contributed by atoms with van der Waals surface area (Å²) in [6.45, 7) is 4.90. The van der Waals surface area contributed by atoms with Crippen molar-refractivity contribution in [2.45, 2.75) is 19.9 Å². The molecule has 0 atom stereocenters. The van der Waals surface area contributed by atoms with Crippen molar-refractivity contribution in [1.29, 1.82) is 0 Å². The zero-order chi connectivity index (χ0) is 10.4. The molecule has 1 aromatic rings. The number of aliphatic hydroxyl groups is 1. The summed E-state index contributed by atoms with van der Waals surface area (Å²) in [5.41, 5.74) is 0. The highest BCUT2D eigenvalue weighted by molar-refractivity contribution is 7.15. The van der Waals surface area contributed by atoms with E-state index in [4.69, 9.17) is 16.7 Å². The number of aromatic nitrogens is 2. The fourth-order valence-electron chi connectivity index (χ4n) is 1.13. The molecular formula is C8H14ClN3OS. The maximum atomic E-state index is 8.71. The van der Waals surface area contributed by atoms with Crippen LogP contribution in [0.25, 0.3) is 0 Å². The second-order valence-corrected chi connectivity index (χ2v) is 4.54. The minimum Gasteiger partial charge on any atom is -0.396 e. The predicted molar refractivity (Wildman–Crippen MR) is 57.6 cm³/mol. The molecule has 14 heavy (non-hydrogen) atoms. The molecule has 0 radical (unpaired) electrons. The first kappa shape index (κ1) is 11.8. The van der Waals surface area contributed by atoms with Crippen LogP contribution in [0.3, 0.4) is 0 Å². The first-order valence-corrected chi connectivity index (χ1v) is 5.76. The Morgan fingerprint density at radius 3 is 2.79 bits per heavy atom. The van der Waals surface area contributed by atoms with Gasteiger partial charge in [0, 0.05) is 13.2 Å². The van der Waals surface area contributed by atoms with Gasteiger partial charge in [0.2, 0.25) is 4.47 Å². The summed E-state index contributed by atoms with van der Waals surface area (Å²) in [7, 11) is 0. The van der Waals surface area contributed by atoms with E-state index >= 15 is 0 Å². The fraction of sp³-hybridized carbons (Fsp3) is 0.750. The molecule has 0 bridgehead atoms. The average Bonchev–Trinajstić information content (AvgIpc) is 2.58. The van der Waals surface area contributed by atoms with Gasteiger partial charge in [-0.15, -0.1) is 10.2 Å². The molecule has 0 aromatic carbocycles. The molecule has 6 heteroatoms. The van der Waals surface area contributed by atoms with Crippen molar-refractivity contribution >= 4 is 22.9 Å². The fourth-order valence-corrected chi connectivity index (χ4v) is 2.04. The third kappa shape index (κ3) is 3.88. The van der Waals surface area contributed by atoms with Gasteiger partial charge in [-0.25, -0.2) is 0 Å². The van der Waals surface area contributed by atoms with Crippen molar-refractivity contribution in [1.82, 2.24) is 15.1 Å². The Balaban J connectivity index is 2.40. The van der Waals surface area contributed by atoms with Crippen LogP contribution >= 0.6 is 22.9 Å². The number of aliphatic hydroxyl groups excluding tert-OH is 1. The summed E-state index contributed by atoms with van der Waals surface area (Å²) in [5, 5.41) is 17.3. The highest BCUT2D eigenvalue weighted by atomic mass is 35.5. The highest BCUT2D eigenvalue weighted by Crippen LogP contribution is 2.16. The quantitative estimate of drug-likeness (QED) is 0.810. The molecule has 0 aliphatic rings. The SMILES string of the molecule is CCN(CCCO)Cc1nnc(Cl)s1. The van der Waals surface area contributed by atoms with Crippen molar-refractivity contribution in [2.24, 2.45) is 0 Å². The van der Waals surface area contributed by atoms with E-state index in [2.05, 4.69) is 22.0 Å². The lowest BCUT2D eigenvalue weighted by Crippen LogP contribution is -2.24. The van der Waals surface area contributed by atoms with Gasteiger partial charge < -0.3 is 5.11 Å². The molecule has 0 spiro atoms. The van der Waals surface area contributed by atoms with Crippen LogP contribution in [0.4, 0.5) is 0 Å². The Labute approximate surface area is 92.5 Å². The van der Waals surface area contributed by atoms with Gasteiger partial charge in [-0.3, -0.25) is 4.90 Å². The highest BCUT2D eigenvalue weighted by Gasteiger charge is 2.07. The lowest BCUT2D eigenvalue weighted by molar-refractivity contribution is 0.225. The molecule has 0 saturated heterocycles. The standard InChI is InChI=1S/C8H14ClN3OS/c1-2-12(4-3-5-13)6-7-10-11-8(9)14-7/h13H,2-6H2,1H3. The van der Waals surface area contributed by atoms with E-state index in [1.165, 1.54) is 11.3 Å². The van der Waals surface area contributed by atoms with Crippen molar-refractivity contribution in [3.8, 4) is 0 Å². The number of rotatable bonds is 6. The van der Waals surface area contributed by atoms with Crippen LogP contribution in [0.1, 0.15) is 18.4 Å². The van der Waals surface area contributed by atoms with E-state index in [0.29, 0.717) is 4.47 Å². The van der Waals surface area contributed by atoms with E-state index in [1.807, 2.05) is 0 Å². The van der Waals surface area contributed by atoms with Crippen LogP contribution in [-0.2, 0) is 6.54 Å². The Hall–Kier alpha value is -0.230. The van der Waals surface area contributed by atoms with Gasteiger partial charge in [0.15, 0.2) is 0 Å². The van der Waals surface area contributed by atoms with Crippen molar-refractivity contribution in [3.05, 3.63) is 9.47 Å². The summed E-state index contributed by atoms with van der Waals surface area (Å²) >= 11 is 7.08. The van der Waals surface area contributed by atoms with Gasteiger partial charge in [-0.05, 0) is 24.6 Å². The largest absolute Gasteiger partial charge is 0.396 e. The van der Waals surface area contributed by atoms with E-state index in [9.17, 15) is 0 Å². The Bertz CT molecular complexity index is 269. The van der Waals surface area contributed by atoms with Crippen LogP contribution in [0.15, 0.2) is 0 Å². The van der Waals surface area contributed by atoms with E-state index < -0.39 is 0 Å². The predicted octanol–water partition coefficient (Wildman–Crippen LogP) is 1.40. The van der Waals surface area contributed by atoms with Crippen LogP contribution in [-0.4, -0.2) is 39.9 Å². The summed E-state index contributed by atoms with van der Waals surface area (Å²) in [5.74, 6) is 0. The zero-order valence-corrected chi connectivity index (χ0v) is 9.68. The van der Waals surface area contributed by atoms with E-state index in [0.717, 1.165) is 31.1 Å². The molecule has 80 valence electrons. The molecular weight excluding hydrogens is 222 g/mol. The molecule has 0 amide bonds. The number of nitrogens with zero attached hydrogens (tertiary/aromatic N) is 3. The van der Waals surface area contributed by atoms with Gasteiger partial charge in [-0.2, -0.15) is 0 Å². The summed E-state index contributed by atoms with van der Waals surface area (Å²) in [4.78, 5) is 2.20. The summed E-state index contributed by atoms with van der Waals surface area (Å²) in [6.07, 6.45) is 0.792. The lowest BCUT2D eigenvalue weighted by Gasteiger charge is -2.17. The maximum absolute atomic E-state index is 8.71. The molecule has 1 heterocycles. The van der Waals surface area contributed by atoms with Crippen molar-refractivity contribution in [2.75, 3.05) is 19.7 Å². The first-order chi connectivity index (χ1) is 6.76. The third-order valence-corrected chi connectivity index (χ3v) is 2.88. The van der Waals surface area contributed by atoms with Crippen LogP contribution < -0.4 is 0 Å². The second-order valence-electron chi connectivity index (χ2n) is 2.89. The van der Waals surface area contributed by atoms with Crippen LogP contribution in [0.5, 0.6) is 0 Å². The number of hydrogen-bond donors (Lipinski definition) is 1. The smallest absolute Gasteiger partial charge is 0.207 e. The second kappa shape index (κ2) is 6.29. The third-order valence-electron chi connectivity index (χ3n) is 1.88.